The molecule has 9 nitrogen and oxygen atoms in total. The number of rotatable bonds is 12. The van der Waals surface area contributed by atoms with Crippen LogP contribution in [0.25, 0.3) is 0 Å². The summed E-state index contributed by atoms with van der Waals surface area (Å²) < 4.78 is 18.6. The number of esters is 1. The maximum atomic E-state index is 14.0. The molecular weight excluding hydrogens is 490 g/mol. The van der Waals surface area contributed by atoms with E-state index in [9.17, 15) is 24.7 Å². The molecule has 4 bridgehead atoms. The molecular formula is C29H47NO8. The lowest BCUT2D eigenvalue weighted by Gasteiger charge is -2.61. The molecule has 0 spiro atoms. The number of carboxylic acids is 1. The van der Waals surface area contributed by atoms with Crippen LogP contribution in [0, 0.1) is 33.5 Å². The molecule has 1 saturated heterocycles. The summed E-state index contributed by atoms with van der Waals surface area (Å²) in [7, 11) is 0. The Morgan fingerprint density at radius 1 is 0.974 bits per heavy atom. The summed E-state index contributed by atoms with van der Waals surface area (Å²) in [6.07, 6.45) is 5.94. The van der Waals surface area contributed by atoms with Gasteiger partial charge in [0.1, 0.15) is 5.60 Å². The van der Waals surface area contributed by atoms with Gasteiger partial charge in [0, 0.05) is 11.8 Å². The zero-order valence-electron chi connectivity index (χ0n) is 24.0. The van der Waals surface area contributed by atoms with E-state index >= 15 is 0 Å². The maximum Gasteiger partial charge on any atom is 0.312 e. The molecule has 0 radical (unpaired) electrons. The standard InChI is InChI=1S/C29H47NO8/c1-7-26(5,14-27(6,21(31)30-35)13-24(2,3)22(32)33)23(34)38-29-11-19-8-20(12-29)10-28(9-19,15-29)37-18-25(4)16-36-17-25/h19-20,35H,7-18H2,1-6H3,(H,30,31)(H,32,33). The first-order valence-electron chi connectivity index (χ1n) is 14.1. The second-order valence-electron chi connectivity index (χ2n) is 14.8. The molecule has 5 rings (SSSR count). The van der Waals surface area contributed by atoms with Crippen LogP contribution in [-0.2, 0) is 28.6 Å². The Bertz CT molecular complexity index is 944. The normalized spacial score (nSPS) is 34.5. The number of hydrogen-bond acceptors (Lipinski definition) is 7. The predicted molar refractivity (Wildman–Crippen MR) is 138 cm³/mol. The molecule has 38 heavy (non-hydrogen) atoms. The highest BCUT2D eigenvalue weighted by Crippen LogP contribution is 2.61. The first-order chi connectivity index (χ1) is 17.5. The minimum Gasteiger partial charge on any atom is -0.481 e. The number of carbonyl (C=O) groups is 3. The van der Waals surface area contributed by atoms with Crippen molar-refractivity contribution in [3.8, 4) is 0 Å². The summed E-state index contributed by atoms with van der Waals surface area (Å²) in [5, 5.41) is 19.2. The van der Waals surface area contributed by atoms with E-state index in [4.69, 9.17) is 14.2 Å². The zero-order valence-corrected chi connectivity index (χ0v) is 24.0. The smallest absolute Gasteiger partial charge is 0.312 e. The third-order valence-electron chi connectivity index (χ3n) is 10.0. The van der Waals surface area contributed by atoms with Crippen LogP contribution in [0.2, 0.25) is 0 Å². The highest BCUT2D eigenvalue weighted by Gasteiger charge is 2.62. The van der Waals surface area contributed by atoms with Crippen molar-refractivity contribution in [2.45, 2.75) is 111 Å². The summed E-state index contributed by atoms with van der Waals surface area (Å²) in [6, 6.07) is 0. The van der Waals surface area contributed by atoms with Gasteiger partial charge in [0.15, 0.2) is 0 Å². The maximum absolute atomic E-state index is 14.0. The molecule has 216 valence electrons. The van der Waals surface area contributed by atoms with Crippen LogP contribution in [0.4, 0.5) is 0 Å². The molecule has 5 aliphatic rings. The molecule has 4 atom stereocenters. The molecule has 1 aliphatic heterocycles. The number of nitrogens with one attached hydrogen (secondary N) is 1. The van der Waals surface area contributed by atoms with Gasteiger partial charge in [-0.3, -0.25) is 19.6 Å². The van der Waals surface area contributed by atoms with Gasteiger partial charge in [-0.1, -0.05) is 20.8 Å². The minimum atomic E-state index is -1.30. The number of ether oxygens (including phenoxy) is 3. The molecule has 4 saturated carbocycles. The van der Waals surface area contributed by atoms with Gasteiger partial charge in [-0.25, -0.2) is 5.48 Å². The van der Waals surface area contributed by atoms with Gasteiger partial charge in [0.25, 0.3) is 0 Å². The topological polar surface area (TPSA) is 131 Å². The van der Waals surface area contributed by atoms with Crippen LogP contribution in [-0.4, -0.2) is 59.2 Å². The number of carboxylic acid groups (broad SMARTS) is 1. The summed E-state index contributed by atoms with van der Waals surface area (Å²) in [4.78, 5) is 38.7. The molecule has 4 aliphatic carbocycles. The molecule has 4 unspecified atom stereocenters. The molecule has 0 aromatic heterocycles. The highest BCUT2D eigenvalue weighted by molar-refractivity contribution is 5.85. The van der Waals surface area contributed by atoms with Gasteiger partial charge in [-0.15, -0.1) is 0 Å². The first kappa shape index (κ1) is 29.3. The van der Waals surface area contributed by atoms with Crippen molar-refractivity contribution in [1.29, 1.82) is 0 Å². The Kier molecular flexibility index (Phi) is 7.50. The summed E-state index contributed by atoms with van der Waals surface area (Å²) in [6.45, 7) is 12.6. The second kappa shape index (κ2) is 9.73. The Hall–Kier alpha value is -1.71. The summed E-state index contributed by atoms with van der Waals surface area (Å²) in [5.41, 5.74) is -2.66. The lowest BCUT2D eigenvalue weighted by molar-refractivity contribution is -0.255. The van der Waals surface area contributed by atoms with E-state index in [-0.39, 0.29) is 29.8 Å². The Balaban J connectivity index is 1.53. The number of aliphatic carboxylic acids is 1. The number of amides is 1. The quantitative estimate of drug-likeness (QED) is 0.188. The fraction of sp³-hybridized carbons (Fsp3) is 0.897. The van der Waals surface area contributed by atoms with Crippen molar-refractivity contribution >= 4 is 17.8 Å². The third kappa shape index (κ3) is 5.48. The van der Waals surface area contributed by atoms with Gasteiger partial charge in [-0.05, 0) is 84.0 Å². The Morgan fingerprint density at radius 3 is 2.03 bits per heavy atom. The van der Waals surface area contributed by atoms with Crippen molar-refractivity contribution in [3.63, 3.8) is 0 Å². The van der Waals surface area contributed by atoms with Gasteiger partial charge >= 0.3 is 11.9 Å². The molecule has 1 heterocycles. The second-order valence-corrected chi connectivity index (χ2v) is 14.8. The monoisotopic (exact) mass is 537 g/mol. The van der Waals surface area contributed by atoms with Crippen molar-refractivity contribution in [2.75, 3.05) is 19.8 Å². The third-order valence-corrected chi connectivity index (χ3v) is 10.0. The van der Waals surface area contributed by atoms with Crippen LogP contribution in [0.15, 0.2) is 0 Å². The van der Waals surface area contributed by atoms with E-state index in [0.29, 0.717) is 44.5 Å². The van der Waals surface area contributed by atoms with E-state index in [0.717, 1.165) is 32.1 Å². The van der Waals surface area contributed by atoms with Crippen LogP contribution in [0.1, 0.15) is 99.3 Å². The Labute approximate surface area is 226 Å². The van der Waals surface area contributed by atoms with E-state index in [1.54, 1.807) is 33.2 Å². The van der Waals surface area contributed by atoms with Gasteiger partial charge in [0.2, 0.25) is 5.91 Å². The van der Waals surface area contributed by atoms with E-state index in [1.807, 2.05) is 6.92 Å². The highest BCUT2D eigenvalue weighted by atomic mass is 16.6. The average Bonchev–Trinajstić information content (AvgIpc) is 2.79. The number of carbonyl (C=O) groups excluding carboxylic acids is 2. The van der Waals surface area contributed by atoms with Crippen molar-refractivity contribution < 1.29 is 38.9 Å². The summed E-state index contributed by atoms with van der Waals surface area (Å²) >= 11 is 0. The van der Waals surface area contributed by atoms with E-state index in [1.165, 1.54) is 0 Å². The molecule has 1 amide bonds. The molecule has 5 fully saturated rings. The van der Waals surface area contributed by atoms with Crippen LogP contribution < -0.4 is 5.48 Å². The van der Waals surface area contributed by atoms with Gasteiger partial charge in [0.05, 0.1) is 41.7 Å². The Morgan fingerprint density at radius 2 is 1.55 bits per heavy atom. The van der Waals surface area contributed by atoms with Crippen LogP contribution >= 0.6 is 0 Å². The lowest BCUT2D eigenvalue weighted by atomic mass is 9.52. The molecule has 0 aromatic carbocycles. The molecule has 9 heteroatoms. The first-order valence-corrected chi connectivity index (χ1v) is 14.1. The van der Waals surface area contributed by atoms with E-state index in [2.05, 4.69) is 6.92 Å². The van der Waals surface area contributed by atoms with Gasteiger partial charge < -0.3 is 19.3 Å². The SMILES string of the molecule is CCC(C)(CC(C)(CC(C)(C)C(=O)O)C(=O)NO)C(=O)OC12CC3CC(CC(OCC4(C)COC4)(C3)C1)C2. The predicted octanol–water partition coefficient (Wildman–Crippen LogP) is 4.49. The van der Waals surface area contributed by atoms with Crippen molar-refractivity contribution in [2.24, 2.45) is 33.5 Å². The minimum absolute atomic E-state index is 0.0423. The lowest BCUT2D eigenvalue weighted by Crippen LogP contribution is -2.63. The van der Waals surface area contributed by atoms with Crippen LogP contribution in [0.3, 0.4) is 0 Å². The fourth-order valence-corrected chi connectivity index (χ4v) is 8.18. The fourth-order valence-electron chi connectivity index (χ4n) is 8.18. The largest absolute Gasteiger partial charge is 0.481 e. The van der Waals surface area contributed by atoms with Crippen molar-refractivity contribution in [1.82, 2.24) is 5.48 Å². The van der Waals surface area contributed by atoms with Crippen molar-refractivity contribution in [3.05, 3.63) is 0 Å². The van der Waals surface area contributed by atoms with Crippen LogP contribution in [0.5, 0.6) is 0 Å². The molecule has 3 N–H and O–H groups in total. The zero-order chi connectivity index (χ0) is 28.2. The molecule has 0 aromatic rings. The number of hydrogen-bond donors (Lipinski definition) is 3. The number of hydroxylamine groups is 1. The summed E-state index contributed by atoms with van der Waals surface area (Å²) in [5.74, 6) is -1.18. The van der Waals surface area contributed by atoms with E-state index < -0.39 is 33.7 Å². The van der Waals surface area contributed by atoms with Gasteiger partial charge in [-0.2, -0.15) is 0 Å². The average molecular weight is 538 g/mol.